The fourth-order valence-corrected chi connectivity index (χ4v) is 3.59. The van der Waals surface area contributed by atoms with Crippen LogP contribution in [0, 0.1) is 0 Å². The Bertz CT molecular complexity index is 1250. The van der Waals surface area contributed by atoms with Gasteiger partial charge in [0.2, 0.25) is 0 Å². The van der Waals surface area contributed by atoms with Gasteiger partial charge in [0.25, 0.3) is 0 Å². The molecule has 5 aromatic heterocycles. The van der Waals surface area contributed by atoms with Gasteiger partial charge in [0.1, 0.15) is 0 Å². The fourth-order valence-electron chi connectivity index (χ4n) is 3.59. The zero-order valence-corrected chi connectivity index (χ0v) is 38.8. The quantitative estimate of drug-likeness (QED) is 0.179. The van der Waals surface area contributed by atoms with E-state index in [2.05, 4.69) is 99.2 Å². The molecule has 5 rings (SSSR count). The molecule has 0 aliphatic heterocycles. The van der Waals surface area contributed by atoms with E-state index in [1.807, 2.05) is 171 Å². The standard InChI is InChI=1S/3C7H12N2.2C6H10N2.5C2H6/c1-6(2)7-4-8-9(3)5-7;1-6(2)7-4-5-9(3)8-7;1-6(2)7-4-5-8-9(7)3;1-6(2)8-4-3-7-5-8;1-6(2)8-5-3-4-7-8;5*1-2/h3*4-6H,1-3H3;2*3-6H,1-2H3;5*1-2H3. The molecule has 0 aromatic carbocycles. The van der Waals surface area contributed by atoms with Crippen LogP contribution in [0.2, 0.25) is 0 Å². The molecule has 10 nitrogen and oxygen atoms in total. The SMILES string of the molecule is CC.CC.CC.CC.CC.CC(C)c1ccn(C)n1.CC(C)c1ccnn1C.CC(C)c1cnn(C)c1.CC(C)n1cccn1.CC(C)n1ccnc1. The highest BCUT2D eigenvalue weighted by molar-refractivity contribution is 5.08. The van der Waals surface area contributed by atoms with E-state index in [0.717, 1.165) is 5.69 Å². The van der Waals surface area contributed by atoms with Crippen molar-refractivity contribution in [3.63, 3.8) is 0 Å². The van der Waals surface area contributed by atoms with Crippen molar-refractivity contribution < 1.29 is 0 Å². The smallest absolute Gasteiger partial charge is 0.0948 e. The zero-order valence-electron chi connectivity index (χ0n) is 38.8. The Morgan fingerprint density at radius 3 is 1.28 bits per heavy atom. The Kier molecular flexibility index (Phi) is 43.2. The molecule has 308 valence electrons. The molecule has 5 aromatic rings. The summed E-state index contributed by atoms with van der Waals surface area (Å²) in [6.07, 6.45) is 17.1. The van der Waals surface area contributed by atoms with Crippen LogP contribution in [-0.2, 0) is 21.1 Å². The third kappa shape index (κ3) is 30.2. The average molecular weight is 743 g/mol. The van der Waals surface area contributed by atoms with Crippen LogP contribution < -0.4 is 0 Å². The lowest BCUT2D eigenvalue weighted by Gasteiger charge is -2.02. The Hall–Kier alpha value is -3.95. The molecule has 0 unspecified atom stereocenters. The molecule has 0 fully saturated rings. The van der Waals surface area contributed by atoms with Gasteiger partial charge in [-0.1, -0.05) is 111 Å². The summed E-state index contributed by atoms with van der Waals surface area (Å²) in [7, 11) is 5.84. The number of imidazole rings is 1. The molecule has 0 aliphatic carbocycles. The third-order valence-electron chi connectivity index (χ3n) is 6.34. The van der Waals surface area contributed by atoms with Gasteiger partial charge in [0, 0.05) is 82.3 Å². The second kappa shape index (κ2) is 39.3. The summed E-state index contributed by atoms with van der Waals surface area (Å²) in [6.45, 7) is 41.4. The summed E-state index contributed by atoms with van der Waals surface area (Å²) < 4.78 is 9.54. The summed E-state index contributed by atoms with van der Waals surface area (Å²) >= 11 is 0. The van der Waals surface area contributed by atoms with E-state index in [0.29, 0.717) is 29.8 Å². The van der Waals surface area contributed by atoms with E-state index < -0.39 is 0 Å². The van der Waals surface area contributed by atoms with Crippen LogP contribution in [0.3, 0.4) is 0 Å². The van der Waals surface area contributed by atoms with Gasteiger partial charge in [0.05, 0.1) is 18.2 Å². The van der Waals surface area contributed by atoms with Crippen molar-refractivity contribution in [2.24, 2.45) is 21.1 Å². The highest BCUT2D eigenvalue weighted by Crippen LogP contribution is 2.12. The van der Waals surface area contributed by atoms with Gasteiger partial charge in [-0.05, 0) is 69.2 Å². The predicted molar refractivity (Wildman–Crippen MR) is 234 cm³/mol. The number of hydrogen-bond acceptors (Lipinski definition) is 5. The molecule has 5 heterocycles. The lowest BCUT2D eigenvalue weighted by atomic mass is 10.1. The van der Waals surface area contributed by atoms with E-state index >= 15 is 0 Å². The van der Waals surface area contributed by atoms with Crippen molar-refractivity contribution in [1.82, 2.24) is 48.7 Å². The van der Waals surface area contributed by atoms with Crippen LogP contribution in [0.1, 0.15) is 185 Å². The van der Waals surface area contributed by atoms with E-state index in [-0.39, 0.29) is 0 Å². The molecule has 0 N–H and O–H groups in total. The molecule has 0 spiro atoms. The predicted octanol–water partition coefficient (Wildman–Crippen LogP) is 12.7. The average Bonchev–Trinajstić information content (AvgIpc) is 4.01. The molecule has 0 aliphatic rings. The van der Waals surface area contributed by atoms with Gasteiger partial charge < -0.3 is 4.57 Å². The third-order valence-corrected chi connectivity index (χ3v) is 6.34. The Balaban J connectivity index is -0.000000171. The molecule has 0 amide bonds. The van der Waals surface area contributed by atoms with E-state index in [1.165, 1.54) is 11.3 Å². The summed E-state index contributed by atoms with van der Waals surface area (Å²) in [5.74, 6) is 1.72. The topological polar surface area (TPSA) is 89.1 Å². The maximum Gasteiger partial charge on any atom is 0.0948 e. The molecule has 0 saturated carbocycles. The summed E-state index contributed by atoms with van der Waals surface area (Å²) in [4.78, 5) is 3.91. The zero-order chi connectivity index (χ0) is 42.5. The largest absolute Gasteiger partial charge is 0.335 e. The molecule has 53 heavy (non-hydrogen) atoms. The van der Waals surface area contributed by atoms with Crippen molar-refractivity contribution in [2.45, 2.75) is 168 Å². The number of aryl methyl sites for hydroxylation is 3. The molecule has 0 bridgehead atoms. The monoisotopic (exact) mass is 743 g/mol. The van der Waals surface area contributed by atoms with Crippen LogP contribution in [-0.4, -0.2) is 48.7 Å². The fraction of sp³-hybridized carbons (Fsp3) is 0.651. The Morgan fingerprint density at radius 2 is 1.09 bits per heavy atom. The Labute approximate surface area is 328 Å². The van der Waals surface area contributed by atoms with Crippen LogP contribution in [0.15, 0.2) is 74.1 Å². The lowest BCUT2D eigenvalue weighted by Crippen LogP contribution is -1.99. The Morgan fingerprint density at radius 1 is 0.528 bits per heavy atom. The summed E-state index contributed by atoms with van der Waals surface area (Å²) in [6, 6.07) is 7.05. The van der Waals surface area contributed by atoms with Crippen molar-refractivity contribution >= 4 is 0 Å². The first kappa shape index (κ1) is 58.4. The van der Waals surface area contributed by atoms with Gasteiger partial charge in [0.15, 0.2) is 0 Å². The molecular formula is C43H86N10. The summed E-state index contributed by atoms with van der Waals surface area (Å²) in [5, 5.41) is 16.4. The number of hydrogen-bond donors (Lipinski definition) is 0. The van der Waals surface area contributed by atoms with Gasteiger partial charge in [-0.25, -0.2) is 4.98 Å². The normalized spacial score (nSPS) is 9.13. The van der Waals surface area contributed by atoms with Crippen molar-refractivity contribution in [2.75, 3.05) is 0 Å². The minimum absolute atomic E-state index is 0.491. The van der Waals surface area contributed by atoms with Gasteiger partial charge >= 0.3 is 0 Å². The first-order valence-electron chi connectivity index (χ1n) is 20.1. The maximum absolute atomic E-state index is 4.23. The van der Waals surface area contributed by atoms with Crippen LogP contribution in [0.4, 0.5) is 0 Å². The molecular weight excluding hydrogens is 657 g/mol. The first-order valence-corrected chi connectivity index (χ1v) is 20.1. The van der Waals surface area contributed by atoms with Crippen LogP contribution in [0.25, 0.3) is 0 Å². The van der Waals surface area contributed by atoms with Gasteiger partial charge in [-0.3, -0.25) is 18.7 Å². The summed E-state index contributed by atoms with van der Waals surface area (Å²) in [5.41, 5.74) is 3.75. The molecule has 0 atom stereocenters. The molecule has 0 radical (unpaired) electrons. The second-order valence-corrected chi connectivity index (χ2v) is 11.9. The van der Waals surface area contributed by atoms with E-state index in [1.54, 1.807) is 12.4 Å². The maximum atomic E-state index is 4.23. The van der Waals surface area contributed by atoms with Crippen LogP contribution >= 0.6 is 0 Å². The second-order valence-electron chi connectivity index (χ2n) is 11.9. The van der Waals surface area contributed by atoms with Crippen molar-refractivity contribution in [3.05, 3.63) is 91.1 Å². The van der Waals surface area contributed by atoms with Gasteiger partial charge in [-0.2, -0.15) is 20.4 Å². The highest BCUT2D eigenvalue weighted by atomic mass is 15.3. The molecule has 10 heteroatoms. The van der Waals surface area contributed by atoms with Crippen molar-refractivity contribution in [3.8, 4) is 0 Å². The van der Waals surface area contributed by atoms with Crippen LogP contribution in [0.5, 0.6) is 0 Å². The minimum atomic E-state index is 0.491. The first-order chi connectivity index (χ1) is 25.2. The van der Waals surface area contributed by atoms with Gasteiger partial charge in [-0.15, -0.1) is 0 Å². The minimum Gasteiger partial charge on any atom is -0.335 e. The van der Waals surface area contributed by atoms with E-state index in [4.69, 9.17) is 0 Å². The van der Waals surface area contributed by atoms with Crippen molar-refractivity contribution in [1.29, 1.82) is 0 Å². The highest BCUT2D eigenvalue weighted by Gasteiger charge is 2.01. The number of aromatic nitrogens is 10. The number of nitrogens with zero attached hydrogens (tertiary/aromatic N) is 10. The lowest BCUT2D eigenvalue weighted by molar-refractivity contribution is 0.532. The van der Waals surface area contributed by atoms with E-state index in [9.17, 15) is 0 Å². The molecule has 0 saturated heterocycles. The number of rotatable bonds is 5.